The summed E-state index contributed by atoms with van der Waals surface area (Å²) in [5, 5.41) is 0. The van der Waals surface area contributed by atoms with E-state index in [0.717, 1.165) is 11.1 Å². The van der Waals surface area contributed by atoms with Crippen LogP contribution in [0.3, 0.4) is 0 Å². The number of aromatic nitrogens is 1. The third kappa shape index (κ3) is 1.98. The maximum Gasteiger partial charge on any atom is 0.150 e. The van der Waals surface area contributed by atoms with Gasteiger partial charge in [0.15, 0.2) is 0 Å². The van der Waals surface area contributed by atoms with E-state index in [0.29, 0.717) is 17.4 Å². The molecule has 0 saturated heterocycles. The lowest BCUT2D eigenvalue weighted by molar-refractivity contribution is 0.112. The normalized spacial score (nSPS) is 10.1. The average molecular weight is 215 g/mol. The summed E-state index contributed by atoms with van der Waals surface area (Å²) in [5.74, 6) is -0.406. The molecule has 80 valence electrons. The van der Waals surface area contributed by atoms with Crippen LogP contribution >= 0.6 is 0 Å². The van der Waals surface area contributed by atoms with E-state index in [9.17, 15) is 9.18 Å². The number of carbonyl (C=O) groups is 1. The van der Waals surface area contributed by atoms with Gasteiger partial charge in [0.05, 0.1) is 0 Å². The molecule has 0 aliphatic rings. The van der Waals surface area contributed by atoms with E-state index < -0.39 is 5.82 Å². The number of nitrogens with zero attached hydrogens (tertiary/aromatic N) is 1. The van der Waals surface area contributed by atoms with Gasteiger partial charge in [-0.1, -0.05) is 12.1 Å². The number of aryl methyl sites for hydroxylation is 1. The second-order valence-electron chi connectivity index (χ2n) is 3.61. The fraction of sp³-hybridized carbons (Fsp3) is 0.0769. The minimum absolute atomic E-state index is 0.335. The molecule has 3 heteroatoms. The molecule has 0 spiro atoms. The third-order valence-electron chi connectivity index (χ3n) is 2.32. The Morgan fingerprint density at radius 3 is 2.69 bits per heavy atom. The minimum Gasteiger partial charge on any atom is -0.298 e. The van der Waals surface area contributed by atoms with Crippen LogP contribution in [0.5, 0.6) is 0 Å². The standard InChI is InChI=1S/C13H10FNO/c1-9-4-11(7-15-6-9)12-3-2-10(8-16)5-13(12)14/h2-8H,1H3. The van der Waals surface area contributed by atoms with Gasteiger partial charge < -0.3 is 0 Å². The largest absolute Gasteiger partial charge is 0.298 e. The summed E-state index contributed by atoms with van der Waals surface area (Å²) in [6.45, 7) is 1.90. The van der Waals surface area contributed by atoms with Crippen molar-refractivity contribution in [2.24, 2.45) is 0 Å². The minimum atomic E-state index is -0.406. The number of carbonyl (C=O) groups excluding carboxylic acids is 1. The first-order valence-electron chi connectivity index (χ1n) is 4.87. The number of benzene rings is 1. The Balaban J connectivity index is 2.52. The van der Waals surface area contributed by atoms with Gasteiger partial charge in [0.25, 0.3) is 0 Å². The zero-order valence-corrected chi connectivity index (χ0v) is 8.77. The van der Waals surface area contributed by atoms with Gasteiger partial charge in [0.1, 0.15) is 12.1 Å². The van der Waals surface area contributed by atoms with Crippen molar-refractivity contribution < 1.29 is 9.18 Å². The molecule has 2 rings (SSSR count). The molecule has 2 aromatic rings. The maximum absolute atomic E-state index is 13.7. The van der Waals surface area contributed by atoms with Gasteiger partial charge in [0.2, 0.25) is 0 Å². The Morgan fingerprint density at radius 1 is 1.25 bits per heavy atom. The van der Waals surface area contributed by atoms with Crippen LogP contribution < -0.4 is 0 Å². The molecule has 0 aliphatic heterocycles. The Hall–Kier alpha value is -2.03. The van der Waals surface area contributed by atoms with Crippen molar-refractivity contribution >= 4 is 6.29 Å². The molecule has 0 unspecified atom stereocenters. The first-order chi connectivity index (χ1) is 7.70. The number of hydrogen-bond acceptors (Lipinski definition) is 2. The molecule has 0 bridgehead atoms. The number of pyridine rings is 1. The summed E-state index contributed by atoms with van der Waals surface area (Å²) >= 11 is 0. The lowest BCUT2D eigenvalue weighted by Gasteiger charge is -2.04. The van der Waals surface area contributed by atoms with Crippen molar-refractivity contribution in [1.82, 2.24) is 4.98 Å². The van der Waals surface area contributed by atoms with Gasteiger partial charge in [-0.05, 0) is 24.6 Å². The highest BCUT2D eigenvalue weighted by Crippen LogP contribution is 2.23. The fourth-order valence-corrected chi connectivity index (χ4v) is 1.54. The highest BCUT2D eigenvalue weighted by Gasteiger charge is 2.06. The molecule has 0 saturated carbocycles. The van der Waals surface area contributed by atoms with E-state index in [2.05, 4.69) is 4.98 Å². The third-order valence-corrected chi connectivity index (χ3v) is 2.32. The monoisotopic (exact) mass is 215 g/mol. The summed E-state index contributed by atoms with van der Waals surface area (Å²) in [7, 11) is 0. The molecule has 0 fully saturated rings. The second kappa shape index (κ2) is 4.23. The van der Waals surface area contributed by atoms with Gasteiger partial charge in [-0.15, -0.1) is 0 Å². The summed E-state index contributed by atoms with van der Waals surface area (Å²) in [6, 6.07) is 6.26. The van der Waals surface area contributed by atoms with Crippen molar-refractivity contribution in [3.05, 3.63) is 53.6 Å². The van der Waals surface area contributed by atoms with Gasteiger partial charge in [-0.25, -0.2) is 4.39 Å². The topological polar surface area (TPSA) is 30.0 Å². The molecular formula is C13H10FNO. The van der Waals surface area contributed by atoms with Crippen molar-refractivity contribution in [3.63, 3.8) is 0 Å². The van der Waals surface area contributed by atoms with Crippen LogP contribution in [0.4, 0.5) is 4.39 Å². The number of aldehydes is 1. The molecule has 1 heterocycles. The summed E-state index contributed by atoms with van der Waals surface area (Å²) in [4.78, 5) is 14.5. The van der Waals surface area contributed by atoms with Crippen molar-refractivity contribution in [2.45, 2.75) is 6.92 Å². The van der Waals surface area contributed by atoms with Crippen molar-refractivity contribution in [3.8, 4) is 11.1 Å². The van der Waals surface area contributed by atoms with E-state index >= 15 is 0 Å². The SMILES string of the molecule is Cc1cncc(-c2ccc(C=O)cc2F)c1. The van der Waals surface area contributed by atoms with E-state index in [1.165, 1.54) is 6.07 Å². The van der Waals surface area contributed by atoms with Crippen LogP contribution in [0.15, 0.2) is 36.7 Å². The molecule has 1 aromatic heterocycles. The van der Waals surface area contributed by atoms with Crippen molar-refractivity contribution in [1.29, 1.82) is 0 Å². The molecule has 0 amide bonds. The first-order valence-corrected chi connectivity index (χ1v) is 4.87. The van der Waals surface area contributed by atoms with Gasteiger partial charge >= 0.3 is 0 Å². The molecule has 0 radical (unpaired) electrons. The van der Waals surface area contributed by atoms with Crippen LogP contribution in [0, 0.1) is 12.7 Å². The van der Waals surface area contributed by atoms with E-state index in [1.54, 1.807) is 24.5 Å². The second-order valence-corrected chi connectivity index (χ2v) is 3.61. The first kappa shape index (κ1) is 10.5. The smallest absolute Gasteiger partial charge is 0.150 e. The summed E-state index contributed by atoms with van der Waals surface area (Å²) in [5.41, 5.74) is 2.48. The van der Waals surface area contributed by atoms with Gasteiger partial charge in [-0.3, -0.25) is 9.78 Å². The van der Waals surface area contributed by atoms with Crippen LogP contribution in [0.1, 0.15) is 15.9 Å². The lowest BCUT2D eigenvalue weighted by Crippen LogP contribution is -1.89. The summed E-state index contributed by atoms with van der Waals surface area (Å²) in [6.07, 6.45) is 3.94. The highest BCUT2D eigenvalue weighted by molar-refractivity contribution is 5.77. The molecule has 0 N–H and O–H groups in total. The zero-order chi connectivity index (χ0) is 11.5. The molecular weight excluding hydrogens is 205 g/mol. The Kier molecular flexibility index (Phi) is 2.77. The van der Waals surface area contributed by atoms with Crippen molar-refractivity contribution in [2.75, 3.05) is 0 Å². The number of hydrogen-bond donors (Lipinski definition) is 0. The van der Waals surface area contributed by atoms with E-state index in [1.807, 2.05) is 13.0 Å². The molecule has 2 nitrogen and oxygen atoms in total. The molecule has 16 heavy (non-hydrogen) atoms. The van der Waals surface area contributed by atoms with E-state index in [4.69, 9.17) is 0 Å². The maximum atomic E-state index is 13.7. The average Bonchev–Trinajstić information content (AvgIpc) is 2.28. The van der Waals surface area contributed by atoms with Gasteiger partial charge in [0, 0.05) is 29.1 Å². The number of rotatable bonds is 2. The summed E-state index contributed by atoms with van der Waals surface area (Å²) < 4.78 is 13.7. The van der Waals surface area contributed by atoms with Crippen LogP contribution in [0.2, 0.25) is 0 Å². The Labute approximate surface area is 92.8 Å². The van der Waals surface area contributed by atoms with Crippen LogP contribution in [-0.2, 0) is 0 Å². The molecule has 1 aromatic carbocycles. The van der Waals surface area contributed by atoms with Crippen LogP contribution in [-0.4, -0.2) is 11.3 Å². The highest BCUT2D eigenvalue weighted by atomic mass is 19.1. The quantitative estimate of drug-likeness (QED) is 0.721. The Bertz CT molecular complexity index is 537. The molecule has 0 atom stereocenters. The Morgan fingerprint density at radius 2 is 2.06 bits per heavy atom. The fourth-order valence-electron chi connectivity index (χ4n) is 1.54. The predicted molar refractivity (Wildman–Crippen MR) is 59.8 cm³/mol. The zero-order valence-electron chi connectivity index (χ0n) is 8.77. The van der Waals surface area contributed by atoms with Gasteiger partial charge in [-0.2, -0.15) is 0 Å². The van der Waals surface area contributed by atoms with E-state index in [-0.39, 0.29) is 0 Å². The van der Waals surface area contributed by atoms with Crippen LogP contribution in [0.25, 0.3) is 11.1 Å². The number of halogens is 1. The predicted octanol–water partition coefficient (Wildman–Crippen LogP) is 3.01. The molecule has 0 aliphatic carbocycles. The lowest BCUT2D eigenvalue weighted by atomic mass is 10.0.